The minimum absolute atomic E-state index is 0.629. The van der Waals surface area contributed by atoms with Gasteiger partial charge in [0.2, 0.25) is 0 Å². The van der Waals surface area contributed by atoms with E-state index in [2.05, 4.69) is 20.2 Å². The third-order valence-corrected chi connectivity index (χ3v) is 4.65. The van der Waals surface area contributed by atoms with Gasteiger partial charge >= 0.3 is 0 Å². The first-order valence-corrected chi connectivity index (χ1v) is 8.06. The number of hydrogen-bond donors (Lipinski definition) is 2. The molecule has 4 nitrogen and oxygen atoms in total. The second-order valence-electron chi connectivity index (χ2n) is 4.67. The zero-order valence-corrected chi connectivity index (χ0v) is 12.0. The van der Waals surface area contributed by atoms with E-state index in [4.69, 9.17) is 12.2 Å². The van der Waals surface area contributed by atoms with Crippen molar-refractivity contribution in [3.8, 4) is 0 Å². The molecule has 2 aliphatic rings. The molecule has 2 N–H and O–H groups in total. The molecule has 6 heteroatoms. The van der Waals surface area contributed by atoms with E-state index in [1.54, 1.807) is 0 Å². The van der Waals surface area contributed by atoms with Gasteiger partial charge in [-0.25, -0.2) is 4.98 Å². The Morgan fingerprint density at radius 2 is 1.94 bits per heavy atom. The number of thioether (sulfide) groups is 1. The molecule has 1 aromatic heterocycles. The van der Waals surface area contributed by atoms with Crippen LogP contribution in [-0.4, -0.2) is 47.7 Å². The van der Waals surface area contributed by atoms with Crippen molar-refractivity contribution in [1.82, 2.24) is 15.3 Å². The van der Waals surface area contributed by atoms with Crippen molar-refractivity contribution in [1.29, 1.82) is 0 Å². The zero-order valence-electron chi connectivity index (χ0n) is 10.4. The van der Waals surface area contributed by atoms with E-state index in [1.807, 2.05) is 11.8 Å². The first kappa shape index (κ1) is 12.4. The van der Waals surface area contributed by atoms with Crippen LogP contribution in [0.2, 0.25) is 0 Å². The van der Waals surface area contributed by atoms with Gasteiger partial charge in [-0.15, -0.1) is 0 Å². The molecule has 3 rings (SSSR count). The molecular formula is C12H18N4S2. The van der Waals surface area contributed by atoms with Crippen LogP contribution in [-0.2, 0) is 12.8 Å². The van der Waals surface area contributed by atoms with E-state index in [1.165, 1.54) is 22.8 Å². The molecule has 0 amide bonds. The maximum Gasteiger partial charge on any atom is 0.198 e. The van der Waals surface area contributed by atoms with Crippen molar-refractivity contribution in [2.24, 2.45) is 0 Å². The number of rotatable bonds is 1. The third kappa shape index (κ3) is 2.55. The summed E-state index contributed by atoms with van der Waals surface area (Å²) in [6, 6.07) is 0. The van der Waals surface area contributed by atoms with Gasteiger partial charge in [-0.1, -0.05) is 0 Å². The van der Waals surface area contributed by atoms with E-state index < -0.39 is 0 Å². The number of nitrogens with one attached hydrogen (secondary N) is 2. The number of aromatic nitrogens is 2. The maximum atomic E-state index is 5.28. The van der Waals surface area contributed by atoms with Crippen LogP contribution in [0.15, 0.2) is 0 Å². The summed E-state index contributed by atoms with van der Waals surface area (Å²) in [6.07, 6.45) is 2.07. The third-order valence-electron chi connectivity index (χ3n) is 3.51. The lowest BCUT2D eigenvalue weighted by molar-refractivity contribution is 0.707. The standard InChI is InChI=1S/C12H18N4S2/c17-12-14-10-2-4-13-3-1-9(10)11(15-12)16-5-7-18-8-6-16/h13H,1-8H2,(H,14,15,17). The van der Waals surface area contributed by atoms with Crippen molar-refractivity contribution in [3.05, 3.63) is 16.0 Å². The summed E-state index contributed by atoms with van der Waals surface area (Å²) in [5.41, 5.74) is 2.66. The normalized spacial score (nSPS) is 20.3. The summed E-state index contributed by atoms with van der Waals surface area (Å²) in [5, 5.41) is 3.44. The molecule has 0 aliphatic carbocycles. The fourth-order valence-corrected chi connectivity index (χ4v) is 3.71. The Morgan fingerprint density at radius 1 is 1.17 bits per heavy atom. The Bertz CT molecular complexity index is 479. The summed E-state index contributed by atoms with van der Waals surface area (Å²) in [6.45, 7) is 4.25. The molecule has 1 fully saturated rings. The SMILES string of the molecule is S=c1nc(N2CCSCC2)c2c([nH]1)CCNCC2. The molecule has 0 bridgehead atoms. The summed E-state index contributed by atoms with van der Waals surface area (Å²) >= 11 is 7.30. The Hall–Kier alpha value is -0.590. The lowest BCUT2D eigenvalue weighted by atomic mass is 10.1. The van der Waals surface area contributed by atoms with Crippen LogP contribution in [0.25, 0.3) is 0 Å². The minimum atomic E-state index is 0.629. The largest absolute Gasteiger partial charge is 0.355 e. The second-order valence-corrected chi connectivity index (χ2v) is 6.28. The lowest BCUT2D eigenvalue weighted by Gasteiger charge is -2.29. The highest BCUT2D eigenvalue weighted by molar-refractivity contribution is 7.99. The molecule has 1 saturated heterocycles. The molecule has 2 aliphatic heterocycles. The molecular weight excluding hydrogens is 264 g/mol. The predicted molar refractivity (Wildman–Crippen MR) is 79.2 cm³/mol. The van der Waals surface area contributed by atoms with Crippen molar-refractivity contribution in [2.75, 3.05) is 42.6 Å². The fraction of sp³-hybridized carbons (Fsp3) is 0.667. The number of anilines is 1. The molecule has 1 aromatic rings. The van der Waals surface area contributed by atoms with Gasteiger partial charge < -0.3 is 15.2 Å². The maximum absolute atomic E-state index is 5.28. The van der Waals surface area contributed by atoms with Gasteiger partial charge in [0.05, 0.1) is 0 Å². The van der Waals surface area contributed by atoms with Crippen LogP contribution in [0.5, 0.6) is 0 Å². The Kier molecular flexibility index (Phi) is 3.86. The number of H-pyrrole nitrogens is 1. The van der Waals surface area contributed by atoms with Gasteiger partial charge in [-0.05, 0) is 25.2 Å². The van der Waals surface area contributed by atoms with Crippen molar-refractivity contribution in [2.45, 2.75) is 12.8 Å². The van der Waals surface area contributed by atoms with E-state index in [0.29, 0.717) is 4.77 Å². The second kappa shape index (κ2) is 5.59. The van der Waals surface area contributed by atoms with Crippen LogP contribution in [0.1, 0.15) is 11.3 Å². The first-order chi connectivity index (χ1) is 8.84. The molecule has 18 heavy (non-hydrogen) atoms. The van der Waals surface area contributed by atoms with Gasteiger partial charge in [0, 0.05) is 48.8 Å². The Morgan fingerprint density at radius 3 is 2.78 bits per heavy atom. The van der Waals surface area contributed by atoms with Crippen LogP contribution >= 0.6 is 24.0 Å². The van der Waals surface area contributed by atoms with E-state index in [-0.39, 0.29) is 0 Å². The molecule has 0 atom stereocenters. The number of hydrogen-bond acceptors (Lipinski definition) is 5. The highest BCUT2D eigenvalue weighted by atomic mass is 32.2. The highest BCUT2D eigenvalue weighted by Gasteiger charge is 2.20. The average molecular weight is 282 g/mol. The molecule has 0 aromatic carbocycles. The van der Waals surface area contributed by atoms with Crippen LogP contribution in [0.4, 0.5) is 5.82 Å². The summed E-state index contributed by atoms with van der Waals surface area (Å²) in [5.74, 6) is 3.53. The van der Waals surface area contributed by atoms with Gasteiger partial charge in [-0.2, -0.15) is 11.8 Å². The van der Waals surface area contributed by atoms with Crippen LogP contribution < -0.4 is 10.2 Å². The molecule has 0 spiro atoms. The Balaban J connectivity index is 2.01. The highest BCUT2D eigenvalue weighted by Crippen LogP contribution is 2.25. The van der Waals surface area contributed by atoms with Crippen molar-refractivity contribution < 1.29 is 0 Å². The Labute approximate surface area is 117 Å². The van der Waals surface area contributed by atoms with Gasteiger partial charge in [0.25, 0.3) is 0 Å². The van der Waals surface area contributed by atoms with Crippen molar-refractivity contribution in [3.63, 3.8) is 0 Å². The quantitative estimate of drug-likeness (QED) is 0.762. The van der Waals surface area contributed by atoms with Crippen LogP contribution in [0, 0.1) is 4.77 Å². The summed E-state index contributed by atoms with van der Waals surface area (Å²) < 4.78 is 0.629. The first-order valence-electron chi connectivity index (χ1n) is 6.50. The summed E-state index contributed by atoms with van der Waals surface area (Å²) in [7, 11) is 0. The average Bonchev–Trinajstić information content (AvgIpc) is 2.64. The predicted octanol–water partition coefficient (Wildman–Crippen LogP) is 1.38. The summed E-state index contributed by atoms with van der Waals surface area (Å²) in [4.78, 5) is 10.3. The van der Waals surface area contributed by atoms with Crippen molar-refractivity contribution >= 4 is 29.8 Å². The van der Waals surface area contributed by atoms with Gasteiger partial charge in [0.1, 0.15) is 5.82 Å². The van der Waals surface area contributed by atoms with E-state index in [9.17, 15) is 0 Å². The number of aromatic amines is 1. The van der Waals surface area contributed by atoms with Gasteiger partial charge in [-0.3, -0.25) is 0 Å². The smallest absolute Gasteiger partial charge is 0.198 e. The minimum Gasteiger partial charge on any atom is -0.355 e. The molecule has 0 unspecified atom stereocenters. The monoisotopic (exact) mass is 282 g/mol. The van der Waals surface area contributed by atoms with E-state index >= 15 is 0 Å². The van der Waals surface area contributed by atoms with Crippen LogP contribution in [0.3, 0.4) is 0 Å². The zero-order chi connectivity index (χ0) is 12.4. The topological polar surface area (TPSA) is 44.0 Å². The molecule has 0 radical (unpaired) electrons. The van der Waals surface area contributed by atoms with Gasteiger partial charge in [0.15, 0.2) is 4.77 Å². The molecule has 0 saturated carbocycles. The molecule has 98 valence electrons. The number of nitrogens with zero attached hydrogens (tertiary/aromatic N) is 2. The molecule has 3 heterocycles. The van der Waals surface area contributed by atoms with E-state index in [0.717, 1.165) is 44.8 Å². The lowest BCUT2D eigenvalue weighted by Crippen LogP contribution is -2.34. The fourth-order valence-electron chi connectivity index (χ4n) is 2.60. The number of fused-ring (bicyclic) bond motifs is 1.